The molecule has 0 N–H and O–H groups in total. The average molecular weight is 373 g/mol. The molecule has 1 spiro atoms. The lowest BCUT2D eigenvalue weighted by atomic mass is 9.82. The van der Waals surface area contributed by atoms with Crippen LogP contribution in [-0.2, 0) is 11.3 Å². The lowest BCUT2D eigenvalue weighted by molar-refractivity contribution is -0.168. The minimum absolute atomic E-state index is 0.000722. The lowest BCUT2D eigenvalue weighted by Crippen LogP contribution is -2.66. The van der Waals surface area contributed by atoms with Crippen LogP contribution in [-0.4, -0.2) is 59.8 Å². The monoisotopic (exact) mass is 373 g/mol. The summed E-state index contributed by atoms with van der Waals surface area (Å²) in [6, 6.07) is 3.92. The van der Waals surface area contributed by atoms with Crippen molar-refractivity contribution in [2.75, 3.05) is 33.3 Å². The van der Waals surface area contributed by atoms with E-state index in [1.165, 1.54) is 0 Å². The standard InChI is InChI=1S/C20H27N3O4/c1-14-18(15(2)27-21-14)19(24)23-12-20(13-23)7-6-16(11-26-20)9-22(3)10-17-5-4-8-25-17/h4-5,8,16H,6-7,9-13H2,1-3H3. The SMILES string of the molecule is Cc1noc(C)c1C(=O)N1CC2(CCC(CN(C)Cc3ccco3)CO2)C1. The summed E-state index contributed by atoms with van der Waals surface area (Å²) in [5, 5.41) is 3.88. The second-order valence-corrected chi connectivity index (χ2v) is 8.04. The number of ether oxygens (including phenoxy) is 1. The number of nitrogens with zero attached hydrogens (tertiary/aromatic N) is 3. The van der Waals surface area contributed by atoms with Gasteiger partial charge in [0, 0.05) is 6.54 Å². The molecule has 2 saturated heterocycles. The van der Waals surface area contributed by atoms with E-state index in [1.54, 1.807) is 20.1 Å². The van der Waals surface area contributed by atoms with Gasteiger partial charge in [0.25, 0.3) is 5.91 Å². The molecule has 146 valence electrons. The Morgan fingerprint density at radius 2 is 2.22 bits per heavy atom. The van der Waals surface area contributed by atoms with Crippen molar-refractivity contribution in [2.24, 2.45) is 5.92 Å². The fourth-order valence-corrected chi connectivity index (χ4v) is 4.22. The van der Waals surface area contributed by atoms with Crippen molar-refractivity contribution in [3.63, 3.8) is 0 Å². The van der Waals surface area contributed by atoms with Crippen molar-refractivity contribution in [1.29, 1.82) is 0 Å². The van der Waals surface area contributed by atoms with Crippen molar-refractivity contribution in [2.45, 2.75) is 38.8 Å². The van der Waals surface area contributed by atoms with E-state index in [0.29, 0.717) is 36.0 Å². The van der Waals surface area contributed by atoms with E-state index >= 15 is 0 Å². The van der Waals surface area contributed by atoms with Gasteiger partial charge in [-0.15, -0.1) is 0 Å². The topological polar surface area (TPSA) is 72.0 Å². The summed E-state index contributed by atoms with van der Waals surface area (Å²) in [5.74, 6) is 2.09. The van der Waals surface area contributed by atoms with Gasteiger partial charge in [0.1, 0.15) is 22.7 Å². The second-order valence-electron chi connectivity index (χ2n) is 8.04. The summed E-state index contributed by atoms with van der Waals surface area (Å²) in [7, 11) is 2.11. The van der Waals surface area contributed by atoms with E-state index in [2.05, 4.69) is 17.1 Å². The molecule has 0 saturated carbocycles. The van der Waals surface area contributed by atoms with Crippen LogP contribution in [0.3, 0.4) is 0 Å². The molecule has 0 radical (unpaired) electrons. The van der Waals surface area contributed by atoms with Gasteiger partial charge in [0.15, 0.2) is 0 Å². The largest absolute Gasteiger partial charge is 0.468 e. The third kappa shape index (κ3) is 3.66. The fourth-order valence-electron chi connectivity index (χ4n) is 4.22. The van der Waals surface area contributed by atoms with Gasteiger partial charge >= 0.3 is 0 Å². The molecule has 2 aliphatic heterocycles. The molecule has 2 aromatic heterocycles. The molecule has 4 heterocycles. The zero-order chi connectivity index (χ0) is 19.0. The number of hydrogen-bond donors (Lipinski definition) is 0. The summed E-state index contributed by atoms with van der Waals surface area (Å²) >= 11 is 0. The first-order valence-electron chi connectivity index (χ1n) is 9.53. The molecule has 1 atom stereocenters. The first-order chi connectivity index (χ1) is 13.0. The van der Waals surface area contributed by atoms with Crippen LogP contribution in [0.4, 0.5) is 0 Å². The van der Waals surface area contributed by atoms with Crippen LogP contribution in [0.1, 0.15) is 40.4 Å². The molecule has 2 aliphatic rings. The van der Waals surface area contributed by atoms with Crippen molar-refractivity contribution in [3.8, 4) is 0 Å². The van der Waals surface area contributed by atoms with Gasteiger partial charge in [0.2, 0.25) is 0 Å². The van der Waals surface area contributed by atoms with Gasteiger partial charge in [-0.2, -0.15) is 0 Å². The summed E-state index contributed by atoms with van der Waals surface area (Å²) in [6.45, 7) is 7.45. The molecule has 2 fully saturated rings. The Morgan fingerprint density at radius 1 is 1.41 bits per heavy atom. The van der Waals surface area contributed by atoms with E-state index in [-0.39, 0.29) is 11.5 Å². The van der Waals surface area contributed by atoms with Crippen molar-refractivity contribution < 1.29 is 18.5 Å². The molecule has 1 unspecified atom stereocenters. The number of aryl methyl sites for hydroxylation is 2. The number of likely N-dealkylation sites (tertiary alicyclic amines) is 1. The van der Waals surface area contributed by atoms with E-state index in [4.69, 9.17) is 13.7 Å². The number of rotatable bonds is 5. The Kier molecular flexibility index (Phi) is 4.82. The van der Waals surface area contributed by atoms with Crippen molar-refractivity contribution in [3.05, 3.63) is 41.2 Å². The number of aromatic nitrogens is 1. The molecule has 7 heteroatoms. The van der Waals surface area contributed by atoms with Crippen LogP contribution in [0.2, 0.25) is 0 Å². The number of amides is 1. The lowest BCUT2D eigenvalue weighted by Gasteiger charge is -2.52. The zero-order valence-corrected chi connectivity index (χ0v) is 16.2. The Bertz CT molecular complexity index is 763. The second kappa shape index (κ2) is 7.13. The molecule has 0 bridgehead atoms. The normalized spacial score (nSPS) is 21.6. The van der Waals surface area contributed by atoms with Crippen LogP contribution in [0, 0.1) is 19.8 Å². The predicted octanol–water partition coefficient (Wildman–Crippen LogP) is 2.64. The molecule has 27 heavy (non-hydrogen) atoms. The number of carbonyl (C=O) groups excluding carboxylic acids is 1. The zero-order valence-electron chi connectivity index (χ0n) is 16.2. The van der Waals surface area contributed by atoms with Crippen LogP contribution >= 0.6 is 0 Å². The summed E-state index contributed by atoms with van der Waals surface area (Å²) in [6.07, 6.45) is 3.83. The third-order valence-corrected chi connectivity index (χ3v) is 5.70. The van der Waals surface area contributed by atoms with E-state index < -0.39 is 0 Å². The molecule has 4 rings (SSSR count). The number of carbonyl (C=O) groups is 1. The van der Waals surface area contributed by atoms with Gasteiger partial charge in [-0.05, 0) is 51.8 Å². The van der Waals surface area contributed by atoms with Crippen molar-refractivity contribution >= 4 is 5.91 Å². The quantitative estimate of drug-likeness (QED) is 0.802. The molecule has 2 aromatic rings. The van der Waals surface area contributed by atoms with Crippen molar-refractivity contribution in [1.82, 2.24) is 15.0 Å². The highest BCUT2D eigenvalue weighted by molar-refractivity contribution is 5.96. The Hall–Kier alpha value is -2.12. The van der Waals surface area contributed by atoms with Crippen LogP contribution in [0.25, 0.3) is 0 Å². The van der Waals surface area contributed by atoms with Crippen LogP contribution in [0.15, 0.2) is 27.3 Å². The maximum absolute atomic E-state index is 12.7. The molecule has 7 nitrogen and oxygen atoms in total. The van der Waals surface area contributed by atoms with E-state index in [1.807, 2.05) is 17.0 Å². The minimum atomic E-state index is -0.162. The van der Waals surface area contributed by atoms with Crippen LogP contribution < -0.4 is 0 Å². The fraction of sp³-hybridized carbons (Fsp3) is 0.600. The van der Waals surface area contributed by atoms with Crippen LogP contribution in [0.5, 0.6) is 0 Å². The van der Waals surface area contributed by atoms with E-state index in [9.17, 15) is 4.79 Å². The highest BCUT2D eigenvalue weighted by Gasteiger charge is 2.49. The predicted molar refractivity (Wildman–Crippen MR) is 98.3 cm³/mol. The Balaban J connectivity index is 1.25. The van der Waals surface area contributed by atoms with Gasteiger partial charge < -0.3 is 18.6 Å². The average Bonchev–Trinajstić information content (AvgIpc) is 3.23. The molecular formula is C20H27N3O4. The first kappa shape index (κ1) is 18.3. The maximum atomic E-state index is 12.7. The maximum Gasteiger partial charge on any atom is 0.259 e. The third-order valence-electron chi connectivity index (χ3n) is 5.70. The molecule has 1 amide bonds. The highest BCUT2D eigenvalue weighted by atomic mass is 16.5. The summed E-state index contributed by atoms with van der Waals surface area (Å²) in [5.41, 5.74) is 1.09. The van der Waals surface area contributed by atoms with Gasteiger partial charge in [-0.25, -0.2) is 0 Å². The van der Waals surface area contributed by atoms with E-state index in [0.717, 1.165) is 38.3 Å². The number of hydrogen-bond acceptors (Lipinski definition) is 6. The molecule has 0 aliphatic carbocycles. The first-order valence-corrected chi connectivity index (χ1v) is 9.53. The van der Waals surface area contributed by atoms with Gasteiger partial charge in [0.05, 0.1) is 38.2 Å². The Labute approximate surface area is 159 Å². The highest BCUT2D eigenvalue weighted by Crippen LogP contribution is 2.37. The van der Waals surface area contributed by atoms with Gasteiger partial charge in [-0.3, -0.25) is 9.69 Å². The number of furan rings is 1. The smallest absolute Gasteiger partial charge is 0.259 e. The van der Waals surface area contributed by atoms with Gasteiger partial charge in [-0.1, -0.05) is 5.16 Å². The minimum Gasteiger partial charge on any atom is -0.468 e. The molecular weight excluding hydrogens is 346 g/mol. The Morgan fingerprint density at radius 3 is 2.81 bits per heavy atom. The summed E-state index contributed by atoms with van der Waals surface area (Å²) in [4.78, 5) is 16.8. The molecule has 0 aromatic carbocycles. The summed E-state index contributed by atoms with van der Waals surface area (Å²) < 4.78 is 16.8.